The minimum absolute atomic E-state index is 0.0935. The molecule has 5 heteroatoms. The molecular formula is C10H10BrF2NO. The minimum Gasteiger partial charge on any atom is -0.313 e. The van der Waals surface area contributed by atoms with E-state index >= 15 is 0 Å². The Morgan fingerprint density at radius 3 is 2.60 bits per heavy atom. The number of ketones is 1. The van der Waals surface area contributed by atoms with Gasteiger partial charge in [-0.1, -0.05) is 0 Å². The first kappa shape index (κ1) is 12.3. The maximum absolute atomic E-state index is 13.5. The molecule has 0 aliphatic heterocycles. The minimum atomic E-state index is -0.849. The molecule has 1 rings (SSSR count). The Morgan fingerprint density at radius 2 is 2.07 bits per heavy atom. The molecule has 0 aliphatic carbocycles. The molecule has 0 heterocycles. The van der Waals surface area contributed by atoms with Crippen molar-refractivity contribution >= 4 is 21.7 Å². The maximum Gasteiger partial charge on any atom is 0.182 e. The molecule has 0 fully saturated rings. The Labute approximate surface area is 94.8 Å². The van der Waals surface area contributed by atoms with Gasteiger partial charge in [-0.25, -0.2) is 8.78 Å². The zero-order valence-electron chi connectivity index (χ0n) is 8.33. The molecule has 15 heavy (non-hydrogen) atoms. The van der Waals surface area contributed by atoms with Gasteiger partial charge in [-0.2, -0.15) is 0 Å². The lowest BCUT2D eigenvalue weighted by Crippen LogP contribution is -2.21. The number of aryl methyl sites for hydroxylation is 1. The Morgan fingerprint density at radius 1 is 1.47 bits per heavy atom. The molecule has 0 aliphatic rings. The summed E-state index contributed by atoms with van der Waals surface area (Å²) in [5.41, 5.74) is -0.251. The van der Waals surface area contributed by atoms with Gasteiger partial charge in [-0.15, -0.1) is 0 Å². The van der Waals surface area contributed by atoms with Crippen LogP contribution in [0, 0.1) is 18.6 Å². The molecule has 0 amide bonds. The van der Waals surface area contributed by atoms with Crippen LogP contribution >= 0.6 is 15.9 Å². The van der Waals surface area contributed by atoms with E-state index in [4.69, 9.17) is 0 Å². The summed E-state index contributed by atoms with van der Waals surface area (Å²) in [5, 5.41) is 2.56. The summed E-state index contributed by atoms with van der Waals surface area (Å²) >= 11 is 2.94. The van der Waals surface area contributed by atoms with E-state index in [1.807, 2.05) is 0 Å². The summed E-state index contributed by atoms with van der Waals surface area (Å²) in [6, 6.07) is 1.31. The fraction of sp³-hybridized carbons (Fsp3) is 0.300. The second-order valence-corrected chi connectivity index (χ2v) is 3.99. The molecule has 0 atom stereocenters. The number of benzene rings is 1. The highest BCUT2D eigenvalue weighted by Crippen LogP contribution is 2.24. The number of nitrogens with one attached hydrogen (secondary N) is 1. The summed E-state index contributed by atoms with van der Waals surface area (Å²) in [6.07, 6.45) is 0. The zero-order valence-corrected chi connectivity index (χ0v) is 9.91. The van der Waals surface area contributed by atoms with Crippen LogP contribution in [0.25, 0.3) is 0 Å². The molecule has 1 aromatic carbocycles. The van der Waals surface area contributed by atoms with Crippen molar-refractivity contribution in [2.45, 2.75) is 6.92 Å². The summed E-state index contributed by atoms with van der Waals surface area (Å²) in [5.74, 6) is -2.24. The van der Waals surface area contributed by atoms with Gasteiger partial charge in [-0.3, -0.25) is 4.79 Å². The van der Waals surface area contributed by atoms with E-state index in [9.17, 15) is 13.6 Å². The number of hydrogen-bond acceptors (Lipinski definition) is 2. The fourth-order valence-electron chi connectivity index (χ4n) is 1.22. The number of hydrogen-bond donors (Lipinski definition) is 1. The first-order valence-electron chi connectivity index (χ1n) is 4.31. The highest BCUT2D eigenvalue weighted by atomic mass is 79.9. The van der Waals surface area contributed by atoms with E-state index in [1.54, 1.807) is 7.05 Å². The number of Topliss-reactive ketones (excluding diaryl/α,β-unsaturated/α-hetero) is 1. The third kappa shape index (κ3) is 2.41. The monoisotopic (exact) mass is 277 g/mol. The van der Waals surface area contributed by atoms with Gasteiger partial charge in [-0.05, 0) is 41.5 Å². The molecule has 82 valence electrons. The Hall–Kier alpha value is -0.810. The van der Waals surface area contributed by atoms with E-state index in [0.717, 1.165) is 0 Å². The second kappa shape index (κ2) is 4.81. The van der Waals surface area contributed by atoms with Crippen molar-refractivity contribution in [3.8, 4) is 0 Å². The predicted molar refractivity (Wildman–Crippen MR) is 57.1 cm³/mol. The average Bonchev–Trinajstić information content (AvgIpc) is 2.16. The van der Waals surface area contributed by atoms with Crippen molar-refractivity contribution in [3.05, 3.63) is 33.3 Å². The van der Waals surface area contributed by atoms with Gasteiger partial charge in [0.1, 0.15) is 5.82 Å². The topological polar surface area (TPSA) is 29.1 Å². The van der Waals surface area contributed by atoms with E-state index in [-0.39, 0.29) is 16.6 Å². The lowest BCUT2D eigenvalue weighted by atomic mass is 10.1. The van der Waals surface area contributed by atoms with Crippen LogP contribution in [0.2, 0.25) is 0 Å². The van der Waals surface area contributed by atoms with Gasteiger partial charge in [0.2, 0.25) is 0 Å². The summed E-state index contributed by atoms with van der Waals surface area (Å²) in [6.45, 7) is 1.39. The normalized spacial score (nSPS) is 10.5. The largest absolute Gasteiger partial charge is 0.313 e. The number of carbonyl (C=O) groups excluding carboxylic acids is 1. The van der Waals surface area contributed by atoms with Crippen molar-refractivity contribution in [2.75, 3.05) is 13.6 Å². The van der Waals surface area contributed by atoms with Crippen molar-refractivity contribution in [1.82, 2.24) is 5.32 Å². The maximum atomic E-state index is 13.5. The van der Waals surface area contributed by atoms with Gasteiger partial charge in [0.25, 0.3) is 0 Å². The van der Waals surface area contributed by atoms with Gasteiger partial charge in [0.05, 0.1) is 16.6 Å². The van der Waals surface area contributed by atoms with Crippen molar-refractivity contribution in [3.63, 3.8) is 0 Å². The quantitative estimate of drug-likeness (QED) is 0.679. The molecule has 2 nitrogen and oxygen atoms in total. The van der Waals surface area contributed by atoms with Crippen molar-refractivity contribution < 1.29 is 13.6 Å². The summed E-state index contributed by atoms with van der Waals surface area (Å²) in [4.78, 5) is 11.4. The summed E-state index contributed by atoms with van der Waals surface area (Å²) in [7, 11) is 1.54. The first-order valence-corrected chi connectivity index (χ1v) is 5.10. The highest BCUT2D eigenvalue weighted by molar-refractivity contribution is 9.10. The highest BCUT2D eigenvalue weighted by Gasteiger charge is 2.20. The van der Waals surface area contributed by atoms with Crippen molar-refractivity contribution in [2.24, 2.45) is 0 Å². The third-order valence-electron chi connectivity index (χ3n) is 1.95. The predicted octanol–water partition coefficient (Wildman–Crippen LogP) is 2.44. The molecule has 0 aromatic heterocycles. The van der Waals surface area contributed by atoms with E-state index in [0.29, 0.717) is 0 Å². The lowest BCUT2D eigenvalue weighted by Gasteiger charge is -2.07. The summed E-state index contributed by atoms with van der Waals surface area (Å²) < 4.78 is 27.1. The van der Waals surface area contributed by atoms with E-state index in [1.165, 1.54) is 13.0 Å². The number of carbonyl (C=O) groups is 1. The third-order valence-corrected chi connectivity index (χ3v) is 2.53. The standard InChI is InChI=1S/C10H10BrF2NO/c1-5-3-6(11)10(13)8(9(5)12)7(15)4-14-2/h3,14H,4H2,1-2H3. The molecule has 0 spiro atoms. The average molecular weight is 278 g/mol. The molecular weight excluding hydrogens is 268 g/mol. The van der Waals surface area contributed by atoms with E-state index < -0.39 is 23.0 Å². The van der Waals surface area contributed by atoms with Gasteiger partial charge in [0.15, 0.2) is 11.6 Å². The zero-order chi connectivity index (χ0) is 11.6. The smallest absolute Gasteiger partial charge is 0.182 e. The second-order valence-electron chi connectivity index (χ2n) is 3.13. The molecule has 1 aromatic rings. The van der Waals surface area contributed by atoms with Crippen LogP contribution < -0.4 is 5.32 Å². The first-order chi connectivity index (χ1) is 6.99. The van der Waals surface area contributed by atoms with Crippen LogP contribution in [0.15, 0.2) is 10.5 Å². The van der Waals surface area contributed by atoms with Crippen LogP contribution in [0.3, 0.4) is 0 Å². The van der Waals surface area contributed by atoms with Crippen LogP contribution in [-0.2, 0) is 0 Å². The molecule has 0 radical (unpaired) electrons. The van der Waals surface area contributed by atoms with Gasteiger partial charge in [0, 0.05) is 0 Å². The van der Waals surface area contributed by atoms with Crippen LogP contribution in [0.1, 0.15) is 15.9 Å². The molecule has 0 saturated heterocycles. The van der Waals surface area contributed by atoms with Gasteiger partial charge < -0.3 is 5.32 Å². The fourth-order valence-corrected chi connectivity index (χ4v) is 1.77. The Kier molecular flexibility index (Phi) is 3.93. The molecule has 0 saturated carbocycles. The Balaban J connectivity index is 3.32. The molecule has 0 bridgehead atoms. The number of halogens is 3. The van der Waals surface area contributed by atoms with E-state index in [2.05, 4.69) is 21.2 Å². The molecule has 1 N–H and O–H groups in total. The van der Waals surface area contributed by atoms with Crippen LogP contribution in [0.5, 0.6) is 0 Å². The number of likely N-dealkylation sites (N-methyl/N-ethyl adjacent to an activating group) is 1. The van der Waals surface area contributed by atoms with Gasteiger partial charge >= 0.3 is 0 Å². The Bertz CT molecular complexity index is 381. The van der Waals surface area contributed by atoms with Crippen molar-refractivity contribution in [1.29, 1.82) is 0 Å². The molecule has 0 unspecified atom stereocenters. The SMILES string of the molecule is CNCC(=O)c1c(F)c(C)cc(Br)c1F. The van der Waals surface area contributed by atoms with Crippen LogP contribution in [-0.4, -0.2) is 19.4 Å². The lowest BCUT2D eigenvalue weighted by molar-refractivity contribution is 0.0985. The number of rotatable bonds is 3. The van der Waals surface area contributed by atoms with Crippen LogP contribution in [0.4, 0.5) is 8.78 Å².